The van der Waals surface area contributed by atoms with Crippen LogP contribution in [0.15, 0.2) is 47.4 Å². The van der Waals surface area contributed by atoms with Gasteiger partial charge in [-0.1, -0.05) is 6.07 Å². The van der Waals surface area contributed by atoms with Crippen molar-refractivity contribution in [2.45, 2.75) is 4.90 Å². The molecule has 0 spiro atoms. The molecule has 0 aliphatic carbocycles. The highest BCUT2D eigenvalue weighted by Gasteiger charge is 2.13. The van der Waals surface area contributed by atoms with Gasteiger partial charge in [0.1, 0.15) is 11.6 Å². The SMILES string of the molecule is CS(=O)(=O)c1cccc(C(=O)Nc2ccc(F)cc2F)c1. The molecule has 2 aromatic carbocycles. The van der Waals surface area contributed by atoms with Crippen molar-refractivity contribution >= 4 is 21.4 Å². The van der Waals surface area contributed by atoms with Gasteiger partial charge in [-0.3, -0.25) is 4.79 Å². The average molecular weight is 311 g/mol. The van der Waals surface area contributed by atoms with Crippen molar-refractivity contribution in [1.82, 2.24) is 0 Å². The first-order valence-electron chi connectivity index (χ1n) is 5.84. The van der Waals surface area contributed by atoms with Crippen LogP contribution in [0, 0.1) is 11.6 Å². The summed E-state index contributed by atoms with van der Waals surface area (Å²) >= 11 is 0. The van der Waals surface area contributed by atoms with Crippen molar-refractivity contribution in [2.24, 2.45) is 0 Å². The van der Waals surface area contributed by atoms with Crippen LogP contribution in [0.25, 0.3) is 0 Å². The Bertz CT molecular complexity index is 804. The molecule has 4 nitrogen and oxygen atoms in total. The summed E-state index contributed by atoms with van der Waals surface area (Å²) in [5, 5.41) is 2.26. The minimum atomic E-state index is -3.45. The molecule has 0 unspecified atom stereocenters. The zero-order valence-corrected chi connectivity index (χ0v) is 11.7. The second-order valence-electron chi connectivity index (χ2n) is 4.38. The lowest BCUT2D eigenvalue weighted by molar-refractivity contribution is 0.102. The molecule has 1 N–H and O–H groups in total. The van der Waals surface area contributed by atoms with E-state index in [0.717, 1.165) is 18.4 Å². The first-order valence-corrected chi connectivity index (χ1v) is 7.73. The molecule has 2 rings (SSSR count). The van der Waals surface area contributed by atoms with Gasteiger partial charge in [-0.05, 0) is 30.3 Å². The molecule has 0 aromatic heterocycles. The number of nitrogens with one attached hydrogen (secondary N) is 1. The lowest BCUT2D eigenvalue weighted by atomic mass is 10.2. The number of hydrogen-bond donors (Lipinski definition) is 1. The Morgan fingerprint density at radius 3 is 2.43 bits per heavy atom. The van der Waals surface area contributed by atoms with Gasteiger partial charge < -0.3 is 5.32 Å². The highest BCUT2D eigenvalue weighted by Crippen LogP contribution is 2.17. The van der Waals surface area contributed by atoms with Crippen molar-refractivity contribution in [3.05, 3.63) is 59.7 Å². The van der Waals surface area contributed by atoms with E-state index >= 15 is 0 Å². The summed E-state index contributed by atoms with van der Waals surface area (Å²) in [6.45, 7) is 0. The van der Waals surface area contributed by atoms with Crippen LogP contribution in [0.2, 0.25) is 0 Å². The fourth-order valence-electron chi connectivity index (χ4n) is 1.65. The fraction of sp³-hybridized carbons (Fsp3) is 0.0714. The Kier molecular flexibility index (Phi) is 4.04. The summed E-state index contributed by atoms with van der Waals surface area (Å²) in [5.41, 5.74) is -0.132. The number of carbonyl (C=O) groups is 1. The molecule has 0 saturated carbocycles. The zero-order valence-electron chi connectivity index (χ0n) is 10.9. The lowest BCUT2D eigenvalue weighted by Crippen LogP contribution is -2.13. The molecule has 1 amide bonds. The Labute approximate surface area is 120 Å². The number of sulfone groups is 1. The van der Waals surface area contributed by atoms with E-state index in [1.54, 1.807) is 0 Å². The van der Waals surface area contributed by atoms with Gasteiger partial charge in [0.05, 0.1) is 10.6 Å². The smallest absolute Gasteiger partial charge is 0.255 e. The third kappa shape index (κ3) is 3.63. The third-order valence-electron chi connectivity index (χ3n) is 2.70. The van der Waals surface area contributed by atoms with Crippen LogP contribution in [0.4, 0.5) is 14.5 Å². The van der Waals surface area contributed by atoms with Crippen LogP contribution in [-0.2, 0) is 9.84 Å². The summed E-state index contributed by atoms with van der Waals surface area (Å²) in [6, 6.07) is 8.07. The van der Waals surface area contributed by atoms with E-state index in [1.165, 1.54) is 24.3 Å². The van der Waals surface area contributed by atoms with E-state index in [4.69, 9.17) is 0 Å². The number of carbonyl (C=O) groups excluding carboxylic acids is 1. The van der Waals surface area contributed by atoms with Crippen molar-refractivity contribution in [1.29, 1.82) is 0 Å². The quantitative estimate of drug-likeness (QED) is 0.948. The normalized spacial score (nSPS) is 11.2. The topological polar surface area (TPSA) is 63.2 Å². The van der Waals surface area contributed by atoms with Gasteiger partial charge in [0, 0.05) is 17.9 Å². The van der Waals surface area contributed by atoms with Gasteiger partial charge in [0.15, 0.2) is 9.84 Å². The number of rotatable bonds is 3. The average Bonchev–Trinajstić information content (AvgIpc) is 2.41. The Morgan fingerprint density at radius 2 is 1.81 bits per heavy atom. The second-order valence-corrected chi connectivity index (χ2v) is 6.39. The summed E-state index contributed by atoms with van der Waals surface area (Å²) in [7, 11) is -3.45. The molecule has 7 heteroatoms. The molecule has 21 heavy (non-hydrogen) atoms. The van der Waals surface area contributed by atoms with E-state index in [1.807, 2.05) is 0 Å². The largest absolute Gasteiger partial charge is 0.319 e. The Morgan fingerprint density at radius 1 is 1.10 bits per heavy atom. The highest BCUT2D eigenvalue weighted by molar-refractivity contribution is 7.90. The summed E-state index contributed by atoms with van der Waals surface area (Å²) in [4.78, 5) is 11.9. The molecule has 0 atom stereocenters. The van der Waals surface area contributed by atoms with Crippen LogP contribution < -0.4 is 5.32 Å². The van der Waals surface area contributed by atoms with Gasteiger partial charge in [0.25, 0.3) is 5.91 Å². The number of benzene rings is 2. The molecule has 0 saturated heterocycles. The zero-order chi connectivity index (χ0) is 15.6. The van der Waals surface area contributed by atoms with Crippen LogP contribution >= 0.6 is 0 Å². The standard InChI is InChI=1S/C14H11F2NO3S/c1-21(19,20)11-4-2-3-9(7-11)14(18)17-13-6-5-10(15)8-12(13)16/h2-8H,1H3,(H,17,18). The van der Waals surface area contributed by atoms with Crippen molar-refractivity contribution in [3.8, 4) is 0 Å². The van der Waals surface area contributed by atoms with Crippen molar-refractivity contribution in [3.63, 3.8) is 0 Å². The van der Waals surface area contributed by atoms with Crippen LogP contribution in [0.3, 0.4) is 0 Å². The number of halogens is 2. The number of hydrogen-bond acceptors (Lipinski definition) is 3. The maximum absolute atomic E-state index is 13.4. The van der Waals surface area contributed by atoms with Crippen LogP contribution in [0.5, 0.6) is 0 Å². The van der Waals surface area contributed by atoms with E-state index in [9.17, 15) is 22.0 Å². The Hall–Kier alpha value is -2.28. The summed E-state index contributed by atoms with van der Waals surface area (Å²) in [5.74, 6) is -2.36. The predicted octanol–water partition coefficient (Wildman–Crippen LogP) is 2.62. The maximum atomic E-state index is 13.4. The van der Waals surface area contributed by atoms with Crippen LogP contribution in [0.1, 0.15) is 10.4 Å². The molecule has 0 bridgehead atoms. The molecule has 2 aromatic rings. The lowest BCUT2D eigenvalue weighted by Gasteiger charge is -2.07. The van der Waals surface area contributed by atoms with Crippen molar-refractivity contribution in [2.75, 3.05) is 11.6 Å². The minimum absolute atomic E-state index is 0.0188. The van der Waals surface area contributed by atoms with Gasteiger partial charge in [-0.2, -0.15) is 0 Å². The molecule has 0 radical (unpaired) electrons. The molecule has 0 aliphatic heterocycles. The fourth-order valence-corrected chi connectivity index (χ4v) is 2.32. The third-order valence-corrected chi connectivity index (χ3v) is 3.81. The van der Waals surface area contributed by atoms with E-state index in [-0.39, 0.29) is 16.1 Å². The van der Waals surface area contributed by atoms with Crippen molar-refractivity contribution < 1.29 is 22.0 Å². The maximum Gasteiger partial charge on any atom is 0.255 e. The molecular formula is C14H11F2NO3S. The molecule has 0 heterocycles. The highest BCUT2D eigenvalue weighted by atomic mass is 32.2. The van der Waals surface area contributed by atoms with Gasteiger partial charge in [-0.25, -0.2) is 17.2 Å². The first kappa shape index (κ1) is 15.1. The summed E-state index contributed by atoms with van der Waals surface area (Å²) < 4.78 is 49.1. The van der Waals surface area contributed by atoms with E-state index < -0.39 is 27.4 Å². The molecule has 110 valence electrons. The number of amides is 1. The van der Waals surface area contributed by atoms with Gasteiger partial charge in [-0.15, -0.1) is 0 Å². The van der Waals surface area contributed by atoms with E-state index in [2.05, 4.69) is 5.32 Å². The predicted molar refractivity (Wildman–Crippen MR) is 73.9 cm³/mol. The monoisotopic (exact) mass is 311 g/mol. The molecular weight excluding hydrogens is 300 g/mol. The Balaban J connectivity index is 2.29. The van der Waals surface area contributed by atoms with E-state index in [0.29, 0.717) is 6.07 Å². The van der Waals surface area contributed by atoms with Crippen LogP contribution in [-0.4, -0.2) is 20.6 Å². The van der Waals surface area contributed by atoms with Gasteiger partial charge in [0.2, 0.25) is 0 Å². The number of anilines is 1. The minimum Gasteiger partial charge on any atom is -0.319 e. The first-order chi connectivity index (χ1) is 9.77. The molecule has 0 aliphatic rings. The molecule has 0 fully saturated rings. The second kappa shape index (κ2) is 5.61. The summed E-state index contributed by atoms with van der Waals surface area (Å²) in [6.07, 6.45) is 1.02. The van der Waals surface area contributed by atoms with Gasteiger partial charge >= 0.3 is 0 Å².